The summed E-state index contributed by atoms with van der Waals surface area (Å²) in [5.74, 6) is 0.405. The summed E-state index contributed by atoms with van der Waals surface area (Å²) >= 11 is 0. The molecule has 1 aromatic carbocycles. The lowest BCUT2D eigenvalue weighted by Gasteiger charge is -2.19. The van der Waals surface area contributed by atoms with Gasteiger partial charge in [-0.2, -0.15) is 0 Å². The number of halogens is 1. The minimum Gasteiger partial charge on any atom is -0.489 e. The Kier molecular flexibility index (Phi) is 4.59. The summed E-state index contributed by atoms with van der Waals surface area (Å²) < 4.78 is 18.9. The minimum absolute atomic E-state index is 0.0612. The van der Waals surface area contributed by atoms with E-state index in [-0.39, 0.29) is 11.9 Å². The van der Waals surface area contributed by atoms with Gasteiger partial charge in [0.05, 0.1) is 0 Å². The molecule has 1 aromatic rings. The lowest BCUT2D eigenvalue weighted by Crippen LogP contribution is -2.35. The van der Waals surface area contributed by atoms with E-state index < -0.39 is 0 Å². The van der Waals surface area contributed by atoms with Gasteiger partial charge in [-0.25, -0.2) is 4.39 Å². The summed E-state index contributed by atoms with van der Waals surface area (Å²) in [5, 5.41) is 3.52. The number of rotatable bonds is 5. The Morgan fingerprint density at radius 3 is 2.83 bits per heavy atom. The summed E-state index contributed by atoms with van der Waals surface area (Å²) in [4.78, 5) is 0. The SMILES string of the molecule is Cc1ccc(F)cc1OC(C)CNC1CCCC1. The van der Waals surface area contributed by atoms with Gasteiger partial charge in [0.1, 0.15) is 17.7 Å². The number of hydrogen-bond acceptors (Lipinski definition) is 2. The third kappa shape index (κ3) is 3.70. The predicted molar refractivity (Wildman–Crippen MR) is 71.5 cm³/mol. The van der Waals surface area contributed by atoms with Crippen molar-refractivity contribution in [2.75, 3.05) is 6.54 Å². The molecule has 1 saturated carbocycles. The summed E-state index contributed by atoms with van der Waals surface area (Å²) in [6.45, 7) is 4.78. The summed E-state index contributed by atoms with van der Waals surface area (Å²) in [6, 6.07) is 5.32. The second kappa shape index (κ2) is 6.19. The fourth-order valence-corrected chi connectivity index (χ4v) is 2.42. The van der Waals surface area contributed by atoms with E-state index in [0.717, 1.165) is 12.1 Å². The van der Waals surface area contributed by atoms with Gasteiger partial charge in [0, 0.05) is 18.7 Å². The van der Waals surface area contributed by atoms with Gasteiger partial charge in [0.2, 0.25) is 0 Å². The Morgan fingerprint density at radius 1 is 1.39 bits per heavy atom. The smallest absolute Gasteiger partial charge is 0.126 e. The van der Waals surface area contributed by atoms with Crippen molar-refractivity contribution in [3.05, 3.63) is 29.6 Å². The van der Waals surface area contributed by atoms with Crippen LogP contribution in [0, 0.1) is 12.7 Å². The summed E-state index contributed by atoms with van der Waals surface area (Å²) in [7, 11) is 0. The first-order valence-electron chi connectivity index (χ1n) is 6.81. The number of benzene rings is 1. The van der Waals surface area contributed by atoms with Gasteiger partial charge in [0.15, 0.2) is 0 Å². The minimum atomic E-state index is -0.244. The third-order valence-corrected chi connectivity index (χ3v) is 3.53. The molecule has 0 aliphatic heterocycles. The van der Waals surface area contributed by atoms with Gasteiger partial charge < -0.3 is 10.1 Å². The van der Waals surface area contributed by atoms with E-state index in [0.29, 0.717) is 11.8 Å². The molecule has 18 heavy (non-hydrogen) atoms. The number of aryl methyl sites for hydroxylation is 1. The molecule has 0 bridgehead atoms. The molecule has 2 rings (SSSR count). The second-order valence-corrected chi connectivity index (χ2v) is 5.23. The van der Waals surface area contributed by atoms with Crippen LogP contribution in [-0.2, 0) is 0 Å². The maximum atomic E-state index is 13.1. The van der Waals surface area contributed by atoms with E-state index >= 15 is 0 Å². The molecular weight excluding hydrogens is 229 g/mol. The standard InChI is InChI=1S/C15H22FNO/c1-11-7-8-13(16)9-15(11)18-12(2)10-17-14-5-3-4-6-14/h7-9,12,14,17H,3-6,10H2,1-2H3. The van der Waals surface area contributed by atoms with Crippen LogP contribution >= 0.6 is 0 Å². The maximum absolute atomic E-state index is 13.1. The van der Waals surface area contributed by atoms with Crippen molar-refractivity contribution in [3.63, 3.8) is 0 Å². The quantitative estimate of drug-likeness (QED) is 0.865. The Morgan fingerprint density at radius 2 is 2.11 bits per heavy atom. The first-order chi connectivity index (χ1) is 8.65. The van der Waals surface area contributed by atoms with Crippen LogP contribution in [0.15, 0.2) is 18.2 Å². The van der Waals surface area contributed by atoms with Crippen LogP contribution in [0.3, 0.4) is 0 Å². The molecule has 0 heterocycles. The van der Waals surface area contributed by atoms with Crippen LogP contribution < -0.4 is 10.1 Å². The zero-order valence-corrected chi connectivity index (χ0v) is 11.2. The molecule has 1 fully saturated rings. The Hall–Kier alpha value is -1.09. The average Bonchev–Trinajstić information content (AvgIpc) is 2.84. The largest absolute Gasteiger partial charge is 0.489 e. The summed E-state index contributed by atoms with van der Waals surface area (Å²) in [6.07, 6.45) is 5.26. The van der Waals surface area contributed by atoms with Crippen molar-refractivity contribution in [3.8, 4) is 5.75 Å². The second-order valence-electron chi connectivity index (χ2n) is 5.23. The zero-order chi connectivity index (χ0) is 13.0. The number of hydrogen-bond donors (Lipinski definition) is 1. The summed E-state index contributed by atoms with van der Waals surface area (Å²) in [5.41, 5.74) is 0.976. The van der Waals surface area contributed by atoms with Crippen LogP contribution in [-0.4, -0.2) is 18.7 Å². The van der Waals surface area contributed by atoms with E-state index in [1.54, 1.807) is 6.07 Å². The van der Waals surface area contributed by atoms with E-state index in [1.807, 2.05) is 13.8 Å². The highest BCUT2D eigenvalue weighted by atomic mass is 19.1. The molecule has 1 unspecified atom stereocenters. The van der Waals surface area contributed by atoms with Crippen LogP contribution in [0.25, 0.3) is 0 Å². The zero-order valence-electron chi connectivity index (χ0n) is 11.2. The van der Waals surface area contributed by atoms with Crippen LogP contribution in [0.1, 0.15) is 38.2 Å². The van der Waals surface area contributed by atoms with Crippen molar-refractivity contribution >= 4 is 0 Å². The molecule has 1 aliphatic rings. The molecule has 1 N–H and O–H groups in total. The fourth-order valence-electron chi connectivity index (χ4n) is 2.42. The maximum Gasteiger partial charge on any atom is 0.126 e. The normalized spacial score (nSPS) is 17.9. The Labute approximate surface area is 109 Å². The van der Waals surface area contributed by atoms with Gasteiger partial charge in [-0.3, -0.25) is 0 Å². The molecule has 0 spiro atoms. The van der Waals surface area contributed by atoms with Crippen molar-refractivity contribution in [2.45, 2.75) is 51.7 Å². The fraction of sp³-hybridized carbons (Fsp3) is 0.600. The first-order valence-corrected chi connectivity index (χ1v) is 6.81. The molecule has 100 valence electrons. The van der Waals surface area contributed by atoms with E-state index in [4.69, 9.17) is 4.74 Å². The molecule has 1 aliphatic carbocycles. The van der Waals surface area contributed by atoms with Crippen LogP contribution in [0.2, 0.25) is 0 Å². The topological polar surface area (TPSA) is 21.3 Å². The van der Waals surface area contributed by atoms with Crippen molar-refractivity contribution in [1.82, 2.24) is 5.32 Å². The highest BCUT2D eigenvalue weighted by Crippen LogP contribution is 2.21. The Bertz CT molecular complexity index is 388. The molecular formula is C15H22FNO. The van der Waals surface area contributed by atoms with E-state index in [9.17, 15) is 4.39 Å². The van der Waals surface area contributed by atoms with E-state index in [2.05, 4.69) is 5.32 Å². The van der Waals surface area contributed by atoms with Crippen LogP contribution in [0.5, 0.6) is 5.75 Å². The Balaban J connectivity index is 1.82. The van der Waals surface area contributed by atoms with Gasteiger partial charge >= 0.3 is 0 Å². The first kappa shape index (κ1) is 13.3. The van der Waals surface area contributed by atoms with Crippen molar-refractivity contribution < 1.29 is 9.13 Å². The monoisotopic (exact) mass is 251 g/mol. The molecule has 1 atom stereocenters. The number of ether oxygens (including phenoxy) is 1. The highest BCUT2D eigenvalue weighted by Gasteiger charge is 2.15. The molecule has 2 nitrogen and oxygen atoms in total. The molecule has 3 heteroatoms. The van der Waals surface area contributed by atoms with Crippen LogP contribution in [0.4, 0.5) is 4.39 Å². The molecule has 0 aromatic heterocycles. The molecule has 0 radical (unpaired) electrons. The highest BCUT2D eigenvalue weighted by molar-refractivity contribution is 5.32. The van der Waals surface area contributed by atoms with E-state index in [1.165, 1.54) is 37.8 Å². The van der Waals surface area contributed by atoms with Gasteiger partial charge in [0.25, 0.3) is 0 Å². The average molecular weight is 251 g/mol. The lowest BCUT2D eigenvalue weighted by molar-refractivity contribution is 0.209. The van der Waals surface area contributed by atoms with Crippen molar-refractivity contribution in [1.29, 1.82) is 0 Å². The predicted octanol–water partition coefficient (Wildman–Crippen LogP) is 3.43. The third-order valence-electron chi connectivity index (χ3n) is 3.53. The van der Waals surface area contributed by atoms with Gasteiger partial charge in [-0.1, -0.05) is 18.9 Å². The van der Waals surface area contributed by atoms with Gasteiger partial charge in [-0.15, -0.1) is 0 Å². The lowest BCUT2D eigenvalue weighted by atomic mass is 10.2. The molecule has 0 amide bonds. The van der Waals surface area contributed by atoms with Gasteiger partial charge in [-0.05, 0) is 38.3 Å². The molecule has 0 saturated heterocycles. The van der Waals surface area contributed by atoms with Crippen molar-refractivity contribution in [2.24, 2.45) is 0 Å². The number of nitrogens with one attached hydrogen (secondary N) is 1.